The van der Waals surface area contributed by atoms with Crippen LogP contribution < -0.4 is 10.3 Å². The predicted molar refractivity (Wildman–Crippen MR) is 97.4 cm³/mol. The van der Waals surface area contributed by atoms with Crippen molar-refractivity contribution in [3.63, 3.8) is 0 Å². The van der Waals surface area contributed by atoms with Crippen molar-refractivity contribution in [2.45, 2.75) is 31.5 Å². The third kappa shape index (κ3) is 2.78. The molecule has 0 spiro atoms. The van der Waals surface area contributed by atoms with Gasteiger partial charge < -0.3 is 24.8 Å². The van der Waals surface area contributed by atoms with Crippen LogP contribution in [0.4, 0.5) is 0 Å². The summed E-state index contributed by atoms with van der Waals surface area (Å²) in [6.45, 7) is 1.23. The van der Waals surface area contributed by atoms with E-state index in [1.807, 2.05) is 0 Å². The van der Waals surface area contributed by atoms with Gasteiger partial charge in [0.1, 0.15) is 35.3 Å². The van der Waals surface area contributed by atoms with Crippen molar-refractivity contribution in [3.05, 3.63) is 46.6 Å². The third-order valence-corrected chi connectivity index (χ3v) is 4.88. The minimum atomic E-state index is -1.31. The average Bonchev–Trinajstić information content (AvgIpc) is 3.23. The van der Waals surface area contributed by atoms with Crippen molar-refractivity contribution in [1.29, 1.82) is 0 Å². The average molecular weight is 388 g/mol. The Bertz CT molecular complexity index is 1060. The van der Waals surface area contributed by atoms with Crippen LogP contribution >= 0.6 is 0 Å². The number of nitrogens with zero attached hydrogens (tertiary/aromatic N) is 4. The number of fused-ring (bicyclic) bond motifs is 1. The van der Waals surface area contributed by atoms with E-state index in [0.717, 1.165) is 0 Å². The van der Waals surface area contributed by atoms with Gasteiger partial charge in [0.15, 0.2) is 11.9 Å². The molecule has 1 fully saturated rings. The maximum Gasteiger partial charge on any atom is 0.269 e. The number of aromatic nitrogens is 4. The smallest absolute Gasteiger partial charge is 0.269 e. The summed E-state index contributed by atoms with van der Waals surface area (Å²) >= 11 is 0. The SMILES string of the molecule is COc1ccc(-n2c(C)nc3c(cnn3[C@H]3O[C@@H](CO)[C@@H](O)[C@H]3O)c2=O)cc1. The van der Waals surface area contributed by atoms with Gasteiger partial charge in [-0.25, -0.2) is 9.67 Å². The molecule has 28 heavy (non-hydrogen) atoms. The second-order valence-electron chi connectivity index (χ2n) is 6.55. The van der Waals surface area contributed by atoms with Gasteiger partial charge in [0.25, 0.3) is 5.56 Å². The fraction of sp³-hybridized carbons (Fsp3) is 0.389. The highest BCUT2D eigenvalue weighted by molar-refractivity contribution is 5.74. The van der Waals surface area contributed by atoms with Crippen LogP contribution in [0, 0.1) is 6.92 Å². The maximum atomic E-state index is 13.0. The molecular formula is C18H20N4O6. The number of benzene rings is 1. The van der Waals surface area contributed by atoms with Crippen molar-refractivity contribution >= 4 is 11.0 Å². The Morgan fingerprint density at radius 2 is 1.93 bits per heavy atom. The zero-order valence-electron chi connectivity index (χ0n) is 15.3. The number of aryl methyl sites for hydroxylation is 1. The van der Waals surface area contributed by atoms with Crippen molar-refractivity contribution < 1.29 is 24.8 Å². The van der Waals surface area contributed by atoms with Crippen LogP contribution in [0.25, 0.3) is 16.7 Å². The van der Waals surface area contributed by atoms with Gasteiger partial charge in [-0.2, -0.15) is 5.10 Å². The summed E-state index contributed by atoms with van der Waals surface area (Å²) in [5.41, 5.74) is 0.520. The van der Waals surface area contributed by atoms with E-state index in [0.29, 0.717) is 17.3 Å². The molecule has 1 saturated heterocycles. The fourth-order valence-electron chi connectivity index (χ4n) is 3.39. The van der Waals surface area contributed by atoms with Crippen LogP contribution in [0.3, 0.4) is 0 Å². The molecule has 3 heterocycles. The molecule has 0 amide bonds. The number of hydrogen-bond donors (Lipinski definition) is 3. The largest absolute Gasteiger partial charge is 0.497 e. The number of aliphatic hydroxyl groups excluding tert-OH is 3. The van der Waals surface area contributed by atoms with E-state index >= 15 is 0 Å². The molecule has 10 heteroatoms. The molecule has 2 aromatic heterocycles. The van der Waals surface area contributed by atoms with E-state index in [1.54, 1.807) is 38.3 Å². The standard InChI is InChI=1S/C18H20N4O6/c1-9-20-16-12(17(26)21(9)10-3-5-11(27-2)6-4-10)7-19-22(16)18-15(25)14(24)13(8-23)28-18/h3-7,13-15,18,23-25H,8H2,1-2H3/t13-,14+,15+,18-/m0/s1. The lowest BCUT2D eigenvalue weighted by Gasteiger charge is -2.16. The monoisotopic (exact) mass is 388 g/mol. The zero-order chi connectivity index (χ0) is 20.0. The third-order valence-electron chi connectivity index (χ3n) is 4.88. The van der Waals surface area contributed by atoms with Crippen LogP contribution in [-0.2, 0) is 4.74 Å². The van der Waals surface area contributed by atoms with E-state index in [2.05, 4.69) is 10.1 Å². The molecule has 3 N–H and O–H groups in total. The molecule has 1 aliphatic heterocycles. The second-order valence-corrected chi connectivity index (χ2v) is 6.55. The van der Waals surface area contributed by atoms with Crippen LogP contribution in [0.1, 0.15) is 12.1 Å². The van der Waals surface area contributed by atoms with Gasteiger partial charge >= 0.3 is 0 Å². The molecule has 148 valence electrons. The first kappa shape index (κ1) is 18.6. The topological polar surface area (TPSA) is 132 Å². The van der Waals surface area contributed by atoms with E-state index < -0.39 is 31.1 Å². The van der Waals surface area contributed by atoms with Crippen molar-refractivity contribution in [1.82, 2.24) is 19.3 Å². The van der Waals surface area contributed by atoms with E-state index in [-0.39, 0.29) is 16.6 Å². The van der Waals surface area contributed by atoms with E-state index in [1.165, 1.54) is 15.4 Å². The second kappa shape index (κ2) is 6.99. The molecule has 0 unspecified atom stereocenters. The minimum absolute atomic E-state index is 0.224. The van der Waals surface area contributed by atoms with Crippen LogP contribution in [0.2, 0.25) is 0 Å². The Balaban J connectivity index is 1.81. The Kier molecular flexibility index (Phi) is 4.63. The number of rotatable bonds is 4. The molecule has 4 atom stereocenters. The molecule has 0 bridgehead atoms. The first-order valence-electron chi connectivity index (χ1n) is 8.70. The summed E-state index contributed by atoms with van der Waals surface area (Å²) in [5.74, 6) is 1.08. The van der Waals surface area contributed by atoms with Gasteiger partial charge in [-0.1, -0.05) is 0 Å². The Labute approximate surface area is 159 Å². The minimum Gasteiger partial charge on any atom is -0.497 e. The van der Waals surface area contributed by atoms with Gasteiger partial charge in [0.05, 0.1) is 25.6 Å². The lowest BCUT2D eigenvalue weighted by atomic mass is 10.1. The molecular weight excluding hydrogens is 368 g/mol. The van der Waals surface area contributed by atoms with Crippen molar-refractivity contribution in [3.8, 4) is 11.4 Å². The summed E-state index contributed by atoms with van der Waals surface area (Å²) in [4.78, 5) is 17.5. The summed E-state index contributed by atoms with van der Waals surface area (Å²) in [6, 6.07) is 6.98. The maximum absolute atomic E-state index is 13.0. The molecule has 1 aromatic carbocycles. The van der Waals surface area contributed by atoms with Crippen LogP contribution in [-0.4, -0.2) is 66.7 Å². The van der Waals surface area contributed by atoms with Gasteiger partial charge in [-0.05, 0) is 31.2 Å². The first-order valence-corrected chi connectivity index (χ1v) is 8.70. The molecule has 4 rings (SSSR count). The van der Waals surface area contributed by atoms with Crippen molar-refractivity contribution in [2.75, 3.05) is 13.7 Å². The number of ether oxygens (including phenoxy) is 2. The van der Waals surface area contributed by atoms with Gasteiger partial charge in [0.2, 0.25) is 0 Å². The summed E-state index contributed by atoms with van der Waals surface area (Å²) in [5, 5.41) is 33.9. The predicted octanol–water partition coefficient (Wildman–Crippen LogP) is -0.489. The van der Waals surface area contributed by atoms with Gasteiger partial charge in [-0.3, -0.25) is 9.36 Å². The molecule has 0 aliphatic carbocycles. The zero-order valence-corrected chi connectivity index (χ0v) is 15.3. The Morgan fingerprint density at radius 3 is 2.54 bits per heavy atom. The quantitative estimate of drug-likeness (QED) is 0.546. The molecule has 0 radical (unpaired) electrons. The Morgan fingerprint density at radius 1 is 1.21 bits per heavy atom. The molecule has 1 aliphatic rings. The normalized spacial score (nSPS) is 24.8. The fourth-order valence-corrected chi connectivity index (χ4v) is 3.39. The highest BCUT2D eigenvalue weighted by Crippen LogP contribution is 2.30. The first-order chi connectivity index (χ1) is 13.5. The highest BCUT2D eigenvalue weighted by Gasteiger charge is 2.44. The number of hydrogen-bond acceptors (Lipinski definition) is 8. The molecule has 0 saturated carbocycles. The lowest BCUT2D eigenvalue weighted by molar-refractivity contribution is -0.0566. The molecule has 10 nitrogen and oxygen atoms in total. The number of aliphatic hydroxyl groups is 3. The summed E-state index contributed by atoms with van der Waals surface area (Å²) in [7, 11) is 1.56. The highest BCUT2D eigenvalue weighted by atomic mass is 16.6. The number of methoxy groups -OCH3 is 1. The van der Waals surface area contributed by atoms with Crippen LogP contribution in [0.15, 0.2) is 35.3 Å². The van der Waals surface area contributed by atoms with E-state index in [4.69, 9.17) is 9.47 Å². The van der Waals surface area contributed by atoms with Gasteiger partial charge in [0, 0.05) is 0 Å². The van der Waals surface area contributed by atoms with Crippen molar-refractivity contribution in [2.24, 2.45) is 0 Å². The van der Waals surface area contributed by atoms with E-state index in [9.17, 15) is 20.1 Å². The van der Waals surface area contributed by atoms with Gasteiger partial charge in [-0.15, -0.1) is 0 Å². The summed E-state index contributed by atoms with van der Waals surface area (Å²) < 4.78 is 13.3. The Hall–Kier alpha value is -2.79. The van der Waals surface area contributed by atoms with Crippen LogP contribution in [0.5, 0.6) is 5.75 Å². The summed E-state index contributed by atoms with van der Waals surface area (Å²) in [6.07, 6.45) is -3.24. The molecule has 3 aromatic rings. The lowest BCUT2D eigenvalue weighted by Crippen LogP contribution is -2.33.